The summed E-state index contributed by atoms with van der Waals surface area (Å²) in [6, 6.07) is 26.3. The third kappa shape index (κ3) is 16.5. The zero-order chi connectivity index (χ0) is 39.8. The van der Waals surface area contributed by atoms with E-state index in [9.17, 15) is 19.2 Å². The Hall–Kier alpha value is -5.60. The van der Waals surface area contributed by atoms with Crippen molar-refractivity contribution in [2.75, 3.05) is 20.2 Å². The number of carboxylic acids is 1. The Kier molecular flexibility index (Phi) is 19.6. The monoisotopic (exact) mass is 753 g/mol. The number of ether oxygens (including phenoxy) is 2. The zero-order valence-electron chi connectivity index (χ0n) is 32.2. The summed E-state index contributed by atoms with van der Waals surface area (Å²) in [7, 11) is 1.42. The molecule has 1 atom stereocenters. The molecule has 1 saturated carbocycles. The summed E-state index contributed by atoms with van der Waals surface area (Å²) < 4.78 is 10.6. The Labute approximate surface area is 323 Å². The number of carboxylic acid groups (broad SMARTS) is 2. The molecular formula is C44H55N3O8. The van der Waals surface area contributed by atoms with Crippen molar-refractivity contribution in [3.05, 3.63) is 111 Å². The molecule has 0 bridgehead atoms. The van der Waals surface area contributed by atoms with Crippen molar-refractivity contribution in [1.29, 1.82) is 0 Å². The van der Waals surface area contributed by atoms with Crippen molar-refractivity contribution < 1.29 is 34.1 Å². The van der Waals surface area contributed by atoms with Gasteiger partial charge < -0.3 is 35.3 Å². The third-order valence-corrected chi connectivity index (χ3v) is 8.97. The summed E-state index contributed by atoms with van der Waals surface area (Å²) in [6.07, 6.45) is 8.86. The molecular weight excluding hydrogens is 698 g/mol. The number of aromatic amines is 1. The van der Waals surface area contributed by atoms with Crippen LogP contribution in [0.5, 0.6) is 5.75 Å². The molecule has 3 aromatic carbocycles. The van der Waals surface area contributed by atoms with Crippen LogP contribution >= 0.6 is 0 Å². The maximum Gasteiger partial charge on any atom is 0.404 e. The SMILES string of the molecule is CCc1ccccc1CC.COC(=O)C1CCCN1.O=C(O)CCNC(=O)O.O=c1[nH]c2ccccc2c(OCc2ccccc2)c1C#CCCCC1CC1. The molecule has 1 aliphatic heterocycles. The van der Waals surface area contributed by atoms with Gasteiger partial charge in [0, 0.05) is 18.4 Å². The number of benzene rings is 3. The van der Waals surface area contributed by atoms with Crippen LogP contribution in [0.4, 0.5) is 4.79 Å². The van der Waals surface area contributed by atoms with Crippen LogP contribution in [0, 0.1) is 17.8 Å². The second-order valence-corrected chi connectivity index (χ2v) is 13.1. The third-order valence-electron chi connectivity index (χ3n) is 8.97. The fourth-order valence-corrected chi connectivity index (χ4v) is 5.79. The van der Waals surface area contributed by atoms with Crippen LogP contribution in [-0.2, 0) is 33.8 Å². The minimum absolute atomic E-state index is 0.0324. The number of rotatable bonds is 12. The van der Waals surface area contributed by atoms with Crippen molar-refractivity contribution in [3.63, 3.8) is 0 Å². The predicted octanol–water partition coefficient (Wildman–Crippen LogP) is 7.49. The van der Waals surface area contributed by atoms with Gasteiger partial charge in [-0.15, -0.1) is 0 Å². The fraction of sp³-hybridized carbons (Fsp3) is 0.409. The summed E-state index contributed by atoms with van der Waals surface area (Å²) >= 11 is 0. The summed E-state index contributed by atoms with van der Waals surface area (Å²) in [4.78, 5) is 45.7. The lowest BCUT2D eigenvalue weighted by atomic mass is 10.0. The first-order valence-electron chi connectivity index (χ1n) is 19.0. The number of esters is 1. The number of carbonyl (C=O) groups excluding carboxylic acids is 1. The maximum atomic E-state index is 12.6. The predicted molar refractivity (Wildman–Crippen MR) is 215 cm³/mol. The van der Waals surface area contributed by atoms with Crippen molar-refractivity contribution in [2.24, 2.45) is 5.92 Å². The van der Waals surface area contributed by atoms with E-state index in [1.807, 2.05) is 59.9 Å². The van der Waals surface area contributed by atoms with Crippen molar-refractivity contribution in [2.45, 2.75) is 90.7 Å². The van der Waals surface area contributed by atoms with E-state index in [0.29, 0.717) is 17.9 Å². The Morgan fingerprint density at radius 3 is 2.13 bits per heavy atom. The number of fused-ring (bicyclic) bond motifs is 1. The summed E-state index contributed by atoms with van der Waals surface area (Å²) in [5.41, 5.74) is 5.05. The van der Waals surface area contributed by atoms with Gasteiger partial charge in [-0.2, -0.15) is 0 Å². The number of H-pyrrole nitrogens is 1. The standard InChI is InChI=1S/C24H23NO2.C10H14.C6H11NO2.C4H7NO4/c26-24-21(13-6-2-3-9-18-15-16-18)23(20-12-7-8-14-22(20)25-24)27-17-19-10-4-1-5-11-19;1-3-9-7-5-6-8-10(9)4-2;1-9-6(8)5-3-2-4-7-5;6-3(7)1-2-5-4(8)9/h1,4-5,7-8,10-12,14,18H,2-3,9,15-17H2,(H,25,26);5-8H,3-4H2,1-2H3;5,7H,2-4H2,1H3;5H,1-2H2,(H,6,7)(H,8,9). The molecule has 4 aromatic rings. The van der Waals surface area contributed by atoms with E-state index in [-0.39, 0.29) is 30.5 Å². The smallest absolute Gasteiger partial charge is 0.404 e. The van der Waals surface area contributed by atoms with E-state index in [2.05, 4.69) is 65.0 Å². The Morgan fingerprint density at radius 2 is 1.55 bits per heavy atom. The van der Waals surface area contributed by atoms with Crippen LogP contribution < -0.4 is 20.9 Å². The first-order valence-corrected chi connectivity index (χ1v) is 19.0. The number of pyridine rings is 1. The van der Waals surface area contributed by atoms with Gasteiger partial charge in [0.15, 0.2) is 0 Å². The molecule has 6 rings (SSSR count). The number of aromatic nitrogens is 1. The molecule has 11 nitrogen and oxygen atoms in total. The van der Waals surface area contributed by atoms with E-state index in [1.54, 1.807) is 0 Å². The van der Waals surface area contributed by atoms with Crippen molar-refractivity contribution in [3.8, 4) is 17.6 Å². The highest BCUT2D eigenvalue weighted by Crippen LogP contribution is 2.33. The second kappa shape index (κ2) is 24.7. The molecule has 1 aliphatic carbocycles. The van der Waals surface area contributed by atoms with Gasteiger partial charge in [0.05, 0.1) is 19.0 Å². The van der Waals surface area contributed by atoms with Crippen LogP contribution in [-0.4, -0.2) is 59.5 Å². The number of hydrogen-bond donors (Lipinski definition) is 5. The molecule has 1 unspecified atom stereocenters. The molecule has 1 amide bonds. The normalized spacial score (nSPS) is 13.9. The lowest BCUT2D eigenvalue weighted by Crippen LogP contribution is -2.31. The molecule has 294 valence electrons. The zero-order valence-corrected chi connectivity index (χ0v) is 32.2. The van der Waals surface area contributed by atoms with Crippen LogP contribution in [0.3, 0.4) is 0 Å². The summed E-state index contributed by atoms with van der Waals surface area (Å²) in [5, 5.41) is 21.7. The number of carbonyl (C=O) groups is 3. The number of hydrogen-bond acceptors (Lipinski definition) is 7. The van der Waals surface area contributed by atoms with Gasteiger partial charge >= 0.3 is 18.0 Å². The van der Waals surface area contributed by atoms with Crippen LogP contribution in [0.15, 0.2) is 83.7 Å². The number of methoxy groups -OCH3 is 1. The average molecular weight is 754 g/mol. The maximum absolute atomic E-state index is 12.6. The minimum atomic E-state index is -1.20. The molecule has 2 heterocycles. The lowest BCUT2D eigenvalue weighted by molar-refractivity contribution is -0.142. The number of para-hydroxylation sites is 1. The van der Waals surface area contributed by atoms with E-state index >= 15 is 0 Å². The minimum Gasteiger partial charge on any atom is -0.487 e. The van der Waals surface area contributed by atoms with E-state index in [1.165, 1.54) is 37.5 Å². The number of amides is 1. The number of aliphatic carboxylic acids is 1. The highest BCUT2D eigenvalue weighted by atomic mass is 16.5. The first kappa shape index (κ1) is 43.8. The fourth-order valence-electron chi connectivity index (χ4n) is 5.79. The van der Waals surface area contributed by atoms with Crippen LogP contribution in [0.2, 0.25) is 0 Å². The van der Waals surface area contributed by atoms with Gasteiger partial charge in [0.25, 0.3) is 5.56 Å². The Morgan fingerprint density at radius 1 is 0.891 bits per heavy atom. The van der Waals surface area contributed by atoms with Crippen molar-refractivity contribution in [1.82, 2.24) is 15.6 Å². The molecule has 2 fully saturated rings. The van der Waals surface area contributed by atoms with E-state index in [0.717, 1.165) is 67.5 Å². The summed E-state index contributed by atoms with van der Waals surface area (Å²) in [5.74, 6) is 6.62. The molecule has 1 aromatic heterocycles. The highest BCUT2D eigenvalue weighted by molar-refractivity contribution is 5.87. The number of nitrogens with one attached hydrogen (secondary N) is 3. The molecule has 5 N–H and O–H groups in total. The molecule has 0 radical (unpaired) electrons. The van der Waals surface area contributed by atoms with Gasteiger partial charge in [-0.3, -0.25) is 14.4 Å². The highest BCUT2D eigenvalue weighted by Gasteiger charge is 2.22. The van der Waals surface area contributed by atoms with Gasteiger partial charge in [-0.25, -0.2) is 4.79 Å². The van der Waals surface area contributed by atoms with Gasteiger partial charge in [-0.05, 0) is 79.8 Å². The number of unbranched alkanes of at least 4 members (excludes halogenated alkanes) is 1. The molecule has 55 heavy (non-hydrogen) atoms. The largest absolute Gasteiger partial charge is 0.487 e. The quantitative estimate of drug-likeness (QED) is 0.0560. The Balaban J connectivity index is 0.000000237. The molecule has 0 spiro atoms. The van der Waals surface area contributed by atoms with Gasteiger partial charge in [-0.1, -0.05) is 105 Å². The average Bonchev–Trinajstić information content (AvgIpc) is 3.86. The lowest BCUT2D eigenvalue weighted by Gasteiger charge is -2.11. The molecule has 2 aliphatic rings. The molecule has 11 heteroatoms. The van der Waals surface area contributed by atoms with E-state index < -0.39 is 12.1 Å². The second-order valence-electron chi connectivity index (χ2n) is 13.1. The molecule has 1 saturated heterocycles. The van der Waals surface area contributed by atoms with Gasteiger partial charge in [0.1, 0.15) is 24.0 Å². The van der Waals surface area contributed by atoms with Gasteiger partial charge in [0.2, 0.25) is 0 Å². The van der Waals surface area contributed by atoms with Crippen LogP contribution in [0.1, 0.15) is 87.5 Å². The summed E-state index contributed by atoms with van der Waals surface area (Å²) in [6.45, 7) is 5.72. The first-order chi connectivity index (χ1) is 26.7. The van der Waals surface area contributed by atoms with E-state index in [4.69, 9.17) is 14.9 Å². The van der Waals surface area contributed by atoms with Crippen LogP contribution in [0.25, 0.3) is 10.9 Å². The van der Waals surface area contributed by atoms with Crippen molar-refractivity contribution >= 4 is 28.9 Å². The Bertz CT molecular complexity index is 1870. The topological polar surface area (TPSA) is 167 Å². The number of aryl methyl sites for hydroxylation is 2.